The van der Waals surface area contributed by atoms with E-state index >= 15 is 0 Å². The van der Waals surface area contributed by atoms with Crippen molar-refractivity contribution in [2.45, 2.75) is 21.7 Å². The lowest BCUT2D eigenvalue weighted by molar-refractivity contribution is -0.147. The molecule has 0 spiro atoms. The van der Waals surface area contributed by atoms with E-state index in [1.54, 1.807) is 0 Å². The zero-order chi connectivity index (χ0) is 15.9. The molecule has 0 saturated carbocycles. The smallest absolute Gasteiger partial charge is 0.352 e. The molecule has 0 bridgehead atoms. The molecule has 1 amide bonds. The topological polar surface area (TPSA) is 125 Å². The molecule has 3 heterocycles. The molecule has 2 atom stereocenters. The van der Waals surface area contributed by atoms with Crippen LogP contribution in [0.2, 0.25) is 0 Å². The number of carbonyl (C=O) groups excluding carboxylic acids is 1. The Morgan fingerprint density at radius 3 is 3.05 bits per heavy atom. The molecule has 8 nitrogen and oxygen atoms in total. The Balaban J connectivity index is 1.78. The van der Waals surface area contributed by atoms with Gasteiger partial charge in [-0.3, -0.25) is 14.8 Å². The van der Waals surface area contributed by atoms with Crippen molar-refractivity contribution in [3.8, 4) is 0 Å². The first-order valence-electron chi connectivity index (χ1n) is 6.27. The fourth-order valence-electron chi connectivity index (χ4n) is 2.23. The SMILES string of the molecule is CSc1n[nH]c(SCC2=C(C(=O)O)N3C(=O)C(N)[C@H]3SC2)n1. The van der Waals surface area contributed by atoms with Gasteiger partial charge in [-0.1, -0.05) is 23.5 Å². The number of nitrogens with one attached hydrogen (secondary N) is 1. The number of nitrogens with zero attached hydrogens (tertiary/aromatic N) is 3. The van der Waals surface area contributed by atoms with E-state index < -0.39 is 12.0 Å². The Morgan fingerprint density at radius 1 is 1.64 bits per heavy atom. The molecule has 0 radical (unpaired) electrons. The second-order valence-corrected chi connectivity index (χ2v) is 7.45. The van der Waals surface area contributed by atoms with Crippen LogP contribution in [0.5, 0.6) is 0 Å². The van der Waals surface area contributed by atoms with E-state index in [2.05, 4.69) is 15.2 Å². The summed E-state index contributed by atoms with van der Waals surface area (Å²) in [5.41, 5.74) is 6.47. The summed E-state index contributed by atoms with van der Waals surface area (Å²) < 4.78 is 0. The number of β-lactam (4-membered cyclic amide) rings is 1. The average Bonchev–Trinajstić information content (AvgIpc) is 2.99. The number of hydrogen-bond acceptors (Lipinski definition) is 8. The number of carboxylic acid groups (broad SMARTS) is 1. The van der Waals surface area contributed by atoms with E-state index in [1.807, 2.05) is 6.26 Å². The van der Waals surface area contributed by atoms with Gasteiger partial charge in [-0.2, -0.15) is 4.98 Å². The van der Waals surface area contributed by atoms with Crippen molar-refractivity contribution in [1.82, 2.24) is 20.1 Å². The first kappa shape index (κ1) is 15.7. The Kier molecular flexibility index (Phi) is 4.39. The summed E-state index contributed by atoms with van der Waals surface area (Å²) in [5.74, 6) is -0.450. The summed E-state index contributed by atoms with van der Waals surface area (Å²) in [6.45, 7) is 0. The number of carboxylic acids is 1. The molecule has 4 N–H and O–H groups in total. The van der Waals surface area contributed by atoms with Crippen molar-refractivity contribution in [1.29, 1.82) is 0 Å². The Hall–Kier alpha value is -1.17. The van der Waals surface area contributed by atoms with Gasteiger partial charge in [-0.25, -0.2) is 4.79 Å². The number of carbonyl (C=O) groups is 2. The zero-order valence-corrected chi connectivity index (χ0v) is 13.9. The van der Waals surface area contributed by atoms with E-state index in [4.69, 9.17) is 5.73 Å². The molecule has 1 unspecified atom stereocenters. The number of aliphatic carboxylic acids is 1. The number of thioether (sulfide) groups is 3. The highest BCUT2D eigenvalue weighted by atomic mass is 32.2. The van der Waals surface area contributed by atoms with Crippen LogP contribution in [0.1, 0.15) is 0 Å². The van der Waals surface area contributed by atoms with Crippen molar-refractivity contribution >= 4 is 47.2 Å². The fraction of sp³-hybridized carbons (Fsp3) is 0.455. The highest BCUT2D eigenvalue weighted by Gasteiger charge is 2.51. The molecule has 1 fully saturated rings. The second-order valence-electron chi connectivity index (χ2n) is 4.61. The van der Waals surface area contributed by atoms with E-state index in [1.165, 1.54) is 40.2 Å². The molecule has 0 aromatic carbocycles. The molecular formula is C11H13N5O3S3. The van der Waals surface area contributed by atoms with Gasteiger partial charge in [0.15, 0.2) is 5.16 Å². The summed E-state index contributed by atoms with van der Waals surface area (Å²) in [7, 11) is 0. The summed E-state index contributed by atoms with van der Waals surface area (Å²) in [4.78, 5) is 28.9. The van der Waals surface area contributed by atoms with E-state index in [0.29, 0.717) is 27.4 Å². The minimum Gasteiger partial charge on any atom is -0.477 e. The monoisotopic (exact) mass is 359 g/mol. The van der Waals surface area contributed by atoms with Gasteiger partial charge < -0.3 is 10.8 Å². The zero-order valence-electron chi connectivity index (χ0n) is 11.5. The Bertz CT molecular complexity index is 661. The maximum absolute atomic E-state index is 11.8. The van der Waals surface area contributed by atoms with E-state index in [-0.39, 0.29) is 17.0 Å². The molecule has 22 heavy (non-hydrogen) atoms. The second kappa shape index (κ2) is 6.14. The number of rotatable bonds is 5. The van der Waals surface area contributed by atoms with Crippen molar-refractivity contribution < 1.29 is 14.7 Å². The first-order chi connectivity index (χ1) is 10.5. The predicted molar refractivity (Wildman–Crippen MR) is 84.6 cm³/mol. The van der Waals surface area contributed by atoms with Crippen molar-refractivity contribution in [3.63, 3.8) is 0 Å². The third-order valence-electron chi connectivity index (χ3n) is 3.30. The quantitative estimate of drug-likeness (QED) is 0.499. The van der Waals surface area contributed by atoms with Crippen molar-refractivity contribution in [2.24, 2.45) is 5.73 Å². The van der Waals surface area contributed by atoms with Gasteiger partial charge in [0.05, 0.1) is 0 Å². The fourth-order valence-corrected chi connectivity index (χ4v) is 4.85. The normalized spacial score (nSPS) is 24.3. The number of amides is 1. The third kappa shape index (κ3) is 2.62. The largest absolute Gasteiger partial charge is 0.477 e. The van der Waals surface area contributed by atoms with Crippen LogP contribution in [0.3, 0.4) is 0 Å². The first-order valence-corrected chi connectivity index (χ1v) is 9.53. The summed E-state index contributed by atoms with van der Waals surface area (Å²) in [6, 6.07) is -0.605. The van der Waals surface area contributed by atoms with Crippen LogP contribution in [0.4, 0.5) is 0 Å². The molecule has 2 aliphatic heterocycles. The predicted octanol–water partition coefficient (Wildman–Crippen LogP) is 0.200. The average molecular weight is 359 g/mol. The lowest BCUT2D eigenvalue weighted by Crippen LogP contribution is -2.68. The van der Waals surface area contributed by atoms with Crippen molar-refractivity contribution in [2.75, 3.05) is 17.8 Å². The number of hydrogen-bond donors (Lipinski definition) is 3. The van der Waals surface area contributed by atoms with Crippen LogP contribution < -0.4 is 5.73 Å². The van der Waals surface area contributed by atoms with Crippen LogP contribution in [0, 0.1) is 0 Å². The molecule has 2 aliphatic rings. The molecule has 1 aromatic heterocycles. The van der Waals surface area contributed by atoms with Crippen LogP contribution in [-0.2, 0) is 9.59 Å². The Morgan fingerprint density at radius 2 is 2.41 bits per heavy atom. The van der Waals surface area contributed by atoms with Crippen LogP contribution >= 0.6 is 35.3 Å². The molecule has 11 heteroatoms. The van der Waals surface area contributed by atoms with Gasteiger partial charge in [-0.15, -0.1) is 16.9 Å². The summed E-state index contributed by atoms with van der Waals surface area (Å²) in [5, 5.41) is 17.2. The summed E-state index contributed by atoms with van der Waals surface area (Å²) >= 11 is 4.28. The summed E-state index contributed by atoms with van der Waals surface area (Å²) in [6.07, 6.45) is 1.87. The Labute approximate surface area is 138 Å². The maximum Gasteiger partial charge on any atom is 0.352 e. The molecule has 1 aromatic rings. The van der Waals surface area contributed by atoms with Crippen LogP contribution in [-0.4, -0.2) is 66.2 Å². The number of aromatic nitrogens is 3. The number of aromatic amines is 1. The standard InChI is InChI=1S/C11H13N5O3S3/c1-20-10-13-11(15-14-10)22-3-4-2-21-8-5(12)7(17)16(8)6(4)9(18)19/h5,8H,2-3,12H2,1H3,(H,18,19)(H,13,14,15)/t5?,8-/m1/s1. The minimum absolute atomic E-state index is 0.0626. The van der Waals surface area contributed by atoms with Crippen LogP contribution in [0.15, 0.2) is 21.6 Å². The van der Waals surface area contributed by atoms with Gasteiger partial charge in [0, 0.05) is 11.5 Å². The molecular weight excluding hydrogens is 346 g/mol. The molecule has 3 rings (SSSR count). The highest BCUT2D eigenvalue weighted by Crippen LogP contribution is 2.40. The number of fused-ring (bicyclic) bond motifs is 1. The van der Waals surface area contributed by atoms with Gasteiger partial charge in [-0.05, 0) is 11.8 Å². The van der Waals surface area contributed by atoms with E-state index in [0.717, 1.165) is 0 Å². The third-order valence-corrected chi connectivity index (χ3v) is 6.16. The minimum atomic E-state index is -1.09. The lowest BCUT2D eigenvalue weighted by Gasteiger charge is -2.48. The van der Waals surface area contributed by atoms with Crippen LogP contribution in [0.25, 0.3) is 0 Å². The molecule has 118 valence electrons. The number of nitrogens with two attached hydrogens (primary N) is 1. The van der Waals surface area contributed by atoms with Gasteiger partial charge in [0.1, 0.15) is 17.1 Å². The van der Waals surface area contributed by atoms with Gasteiger partial charge >= 0.3 is 5.97 Å². The molecule has 0 aliphatic carbocycles. The highest BCUT2D eigenvalue weighted by molar-refractivity contribution is 8.01. The van der Waals surface area contributed by atoms with Gasteiger partial charge in [0.25, 0.3) is 0 Å². The van der Waals surface area contributed by atoms with Crippen molar-refractivity contribution in [3.05, 3.63) is 11.3 Å². The molecule has 1 saturated heterocycles. The number of H-pyrrole nitrogens is 1. The lowest BCUT2D eigenvalue weighted by atomic mass is 10.0. The van der Waals surface area contributed by atoms with Gasteiger partial charge in [0.2, 0.25) is 11.1 Å². The maximum atomic E-state index is 11.8. The van der Waals surface area contributed by atoms with E-state index in [9.17, 15) is 14.7 Å².